The Morgan fingerprint density at radius 2 is 1.78 bits per heavy atom. The van der Waals surface area contributed by atoms with Gasteiger partial charge in [0, 0.05) is 6.42 Å². The molecule has 1 amide bonds. The Morgan fingerprint density at radius 1 is 1.56 bits per heavy atom. The molecule has 0 aliphatic heterocycles. The number of hydrogen-bond acceptors (Lipinski definition) is 1. The molecular weight excluding hydrogens is 221 g/mol. The summed E-state index contributed by atoms with van der Waals surface area (Å²) in [5.74, 6) is -0.245. The van der Waals surface area contributed by atoms with E-state index in [1.54, 1.807) is 6.92 Å². The van der Waals surface area contributed by atoms with Crippen molar-refractivity contribution in [1.29, 1.82) is 0 Å². The molecule has 2 nitrogen and oxygen atoms in total. The topological polar surface area (TPSA) is 43.1 Å². The van der Waals surface area contributed by atoms with Gasteiger partial charge in [0.05, 0.1) is 0 Å². The molecule has 0 unspecified atom stereocenters. The van der Waals surface area contributed by atoms with Crippen LogP contribution in [0.25, 0.3) is 0 Å². The van der Waals surface area contributed by atoms with Crippen LogP contribution >= 0.6 is 0 Å². The van der Waals surface area contributed by atoms with E-state index in [2.05, 4.69) is 12.7 Å². The van der Waals surface area contributed by atoms with E-state index in [1.165, 1.54) is 33.4 Å². The van der Waals surface area contributed by atoms with Crippen molar-refractivity contribution in [1.82, 2.24) is 0 Å². The fourth-order valence-electron chi connectivity index (χ4n) is 0. The Kier molecular flexibility index (Phi) is 14.8. The fourth-order valence-corrected chi connectivity index (χ4v) is 0. The molecule has 0 aliphatic carbocycles. The average molecular weight is 236 g/mol. The fraction of sp³-hybridized carbons (Fsp3) is 0.833. The van der Waals surface area contributed by atoms with E-state index in [9.17, 15) is 4.79 Å². The number of amides is 1. The van der Waals surface area contributed by atoms with E-state index in [0.717, 1.165) is 0 Å². The monoisotopic (exact) mass is 237 g/mol. The van der Waals surface area contributed by atoms with Crippen molar-refractivity contribution in [3.8, 4) is 0 Å². The maximum atomic E-state index is 9.59. The number of primary amides is 1. The maximum absolute atomic E-state index is 9.59. The van der Waals surface area contributed by atoms with E-state index < -0.39 is 0 Å². The first-order valence-corrected chi connectivity index (χ1v) is 5.50. The summed E-state index contributed by atoms with van der Waals surface area (Å²) in [6, 6.07) is 0. The van der Waals surface area contributed by atoms with Gasteiger partial charge in [-0.3, -0.25) is 4.79 Å². The molecule has 54 valence electrons. The average Bonchev–Trinajstić information content (AvgIpc) is 1.89. The minimum atomic E-state index is -0.245. The molecule has 0 atom stereocenters. The van der Waals surface area contributed by atoms with E-state index in [0.29, 0.717) is 6.42 Å². The zero-order valence-corrected chi connectivity index (χ0v) is 9.48. The van der Waals surface area contributed by atoms with Crippen LogP contribution in [0.4, 0.5) is 0 Å². The van der Waals surface area contributed by atoms with Gasteiger partial charge in [0.2, 0.25) is 5.91 Å². The summed E-state index contributed by atoms with van der Waals surface area (Å²) in [6.07, 6.45) is 1.82. The molecule has 0 heterocycles. The standard InChI is InChI=1S/C3H7NO.C3H7.Sn.H/c1-2-3(4)5;1-3-2;;/h2H2,1H3,(H2,4,5);1,3H2,2H3;;. The summed E-state index contributed by atoms with van der Waals surface area (Å²) in [7, 11) is 0. The van der Waals surface area contributed by atoms with Crippen LogP contribution in [0, 0.1) is 0 Å². The Bertz CT molecular complexity index is 64.1. The molecule has 0 aromatic rings. The summed E-state index contributed by atoms with van der Waals surface area (Å²) in [5, 5.41) is 0. The molecule has 9 heavy (non-hydrogen) atoms. The first-order valence-electron chi connectivity index (χ1n) is 3.17. The third kappa shape index (κ3) is 30.4. The van der Waals surface area contributed by atoms with Gasteiger partial charge in [-0.25, -0.2) is 0 Å². The van der Waals surface area contributed by atoms with Crippen LogP contribution in [0.2, 0.25) is 4.44 Å². The summed E-state index contributed by atoms with van der Waals surface area (Å²) in [5.41, 5.74) is 4.65. The molecular formula is C6H15NOSn. The Hall–Kier alpha value is 0.269. The number of rotatable bonds is 2. The van der Waals surface area contributed by atoms with Crippen molar-refractivity contribution in [2.75, 3.05) is 0 Å². The van der Waals surface area contributed by atoms with Crippen LogP contribution in [0.15, 0.2) is 0 Å². The predicted octanol–water partition coefficient (Wildman–Crippen LogP) is 0.597. The van der Waals surface area contributed by atoms with Gasteiger partial charge in [-0.15, -0.1) is 0 Å². The molecule has 0 aromatic heterocycles. The number of carbonyl (C=O) groups is 1. The first kappa shape index (κ1) is 12.0. The van der Waals surface area contributed by atoms with Crippen LogP contribution in [-0.4, -0.2) is 28.4 Å². The first-order chi connectivity index (χ1) is 4.18. The van der Waals surface area contributed by atoms with E-state index in [-0.39, 0.29) is 5.91 Å². The van der Waals surface area contributed by atoms with Crippen molar-refractivity contribution < 1.29 is 4.79 Å². The van der Waals surface area contributed by atoms with Gasteiger partial charge in [-0.1, -0.05) is 6.92 Å². The predicted molar refractivity (Wildman–Crippen MR) is 41.7 cm³/mol. The molecule has 0 bridgehead atoms. The van der Waals surface area contributed by atoms with Crippen LogP contribution in [-0.2, 0) is 4.79 Å². The van der Waals surface area contributed by atoms with Crippen molar-refractivity contribution >= 4 is 28.4 Å². The van der Waals surface area contributed by atoms with Crippen LogP contribution < -0.4 is 5.73 Å². The van der Waals surface area contributed by atoms with E-state index >= 15 is 0 Å². The minimum absolute atomic E-state index is 0.245. The van der Waals surface area contributed by atoms with Crippen LogP contribution in [0.1, 0.15) is 26.7 Å². The molecule has 3 heteroatoms. The molecule has 2 N–H and O–H groups in total. The van der Waals surface area contributed by atoms with Crippen LogP contribution in [0.3, 0.4) is 0 Å². The molecule has 0 aliphatic rings. The van der Waals surface area contributed by atoms with Crippen molar-refractivity contribution in [2.24, 2.45) is 5.73 Å². The second-order valence-corrected chi connectivity index (χ2v) is 3.26. The molecule has 0 fully saturated rings. The van der Waals surface area contributed by atoms with E-state index in [1.807, 2.05) is 0 Å². The second-order valence-electron chi connectivity index (χ2n) is 1.61. The second kappa shape index (κ2) is 11.1. The number of hydrogen-bond donors (Lipinski definition) is 1. The summed E-state index contributed by atoms with van der Waals surface area (Å²) in [4.78, 5) is 9.59. The number of carbonyl (C=O) groups excluding carboxylic acids is 1. The summed E-state index contributed by atoms with van der Waals surface area (Å²) >= 11 is 1.44. The van der Waals surface area contributed by atoms with E-state index in [4.69, 9.17) is 0 Å². The molecule has 0 aromatic carbocycles. The molecule has 0 rings (SSSR count). The quantitative estimate of drug-likeness (QED) is 0.700. The van der Waals surface area contributed by atoms with Gasteiger partial charge in [0.25, 0.3) is 0 Å². The van der Waals surface area contributed by atoms with Gasteiger partial charge in [0.15, 0.2) is 0 Å². The normalized spacial score (nSPS) is 7.44. The summed E-state index contributed by atoms with van der Waals surface area (Å²) in [6.45, 7) is 3.94. The zero-order chi connectivity index (χ0) is 7.70. The van der Waals surface area contributed by atoms with Crippen molar-refractivity contribution in [3.63, 3.8) is 0 Å². The van der Waals surface area contributed by atoms with Crippen molar-refractivity contribution in [3.05, 3.63) is 0 Å². The van der Waals surface area contributed by atoms with Gasteiger partial charge in [0.1, 0.15) is 0 Å². The Morgan fingerprint density at radius 3 is 1.78 bits per heavy atom. The summed E-state index contributed by atoms with van der Waals surface area (Å²) < 4.78 is 1.45. The Balaban J connectivity index is 0. The third-order valence-electron chi connectivity index (χ3n) is 0.637. The number of nitrogens with two attached hydrogens (primary N) is 1. The van der Waals surface area contributed by atoms with Gasteiger partial charge >= 0.3 is 40.3 Å². The van der Waals surface area contributed by atoms with Gasteiger partial charge < -0.3 is 5.73 Å². The molecule has 0 saturated heterocycles. The molecule has 0 saturated carbocycles. The van der Waals surface area contributed by atoms with Gasteiger partial charge in [-0.05, 0) is 0 Å². The Labute approximate surface area is 70.3 Å². The SMILES string of the molecule is CCC(N)=O.CC[CH2][SnH]. The molecule has 2 radical (unpaired) electrons. The van der Waals surface area contributed by atoms with Gasteiger partial charge in [-0.2, -0.15) is 0 Å². The molecule has 0 spiro atoms. The zero-order valence-electron chi connectivity index (χ0n) is 6.18. The van der Waals surface area contributed by atoms with Crippen molar-refractivity contribution in [2.45, 2.75) is 31.1 Å². The van der Waals surface area contributed by atoms with Crippen LogP contribution in [0.5, 0.6) is 0 Å². The third-order valence-corrected chi connectivity index (χ3v) is 2.28.